The van der Waals surface area contributed by atoms with Gasteiger partial charge in [-0.25, -0.2) is 0 Å². The number of hydrogen-bond acceptors (Lipinski definition) is 6. The van der Waals surface area contributed by atoms with E-state index in [0.717, 1.165) is 17.7 Å². The third-order valence-corrected chi connectivity index (χ3v) is 5.39. The van der Waals surface area contributed by atoms with Crippen molar-refractivity contribution in [3.8, 4) is 17.3 Å². The van der Waals surface area contributed by atoms with Crippen molar-refractivity contribution in [2.24, 2.45) is 0 Å². The summed E-state index contributed by atoms with van der Waals surface area (Å²) in [5.74, 6) is 2.54. The molecule has 0 N–H and O–H groups in total. The maximum absolute atomic E-state index is 12.5. The first-order chi connectivity index (χ1) is 13.6. The van der Waals surface area contributed by atoms with Crippen molar-refractivity contribution in [1.82, 2.24) is 19.7 Å². The van der Waals surface area contributed by atoms with Crippen LogP contribution in [0.3, 0.4) is 0 Å². The van der Waals surface area contributed by atoms with Gasteiger partial charge in [0.15, 0.2) is 16.7 Å². The van der Waals surface area contributed by atoms with E-state index in [1.54, 1.807) is 18.3 Å². The molecule has 8 heteroatoms. The lowest BCUT2D eigenvalue weighted by atomic mass is 10.1. The van der Waals surface area contributed by atoms with Crippen LogP contribution in [0.15, 0.2) is 52.2 Å². The lowest BCUT2D eigenvalue weighted by Crippen LogP contribution is -2.30. The number of carbonyl (C=O) groups is 1. The predicted molar refractivity (Wildman–Crippen MR) is 108 cm³/mol. The Morgan fingerprint density at radius 1 is 1.25 bits per heavy atom. The van der Waals surface area contributed by atoms with E-state index in [0.29, 0.717) is 35.6 Å². The van der Waals surface area contributed by atoms with Crippen molar-refractivity contribution < 1.29 is 13.9 Å². The van der Waals surface area contributed by atoms with E-state index in [1.807, 2.05) is 54.9 Å². The van der Waals surface area contributed by atoms with Crippen LogP contribution in [-0.2, 0) is 17.8 Å². The molecule has 0 atom stereocenters. The number of benzene rings is 1. The molecule has 1 aromatic carbocycles. The summed E-state index contributed by atoms with van der Waals surface area (Å²) in [4.78, 5) is 14.3. The minimum Gasteiger partial charge on any atom is -0.496 e. The van der Waals surface area contributed by atoms with Gasteiger partial charge in [-0.05, 0) is 37.1 Å². The Morgan fingerprint density at radius 3 is 2.79 bits per heavy atom. The lowest BCUT2D eigenvalue weighted by Gasteiger charge is -2.18. The van der Waals surface area contributed by atoms with E-state index in [9.17, 15) is 4.79 Å². The summed E-state index contributed by atoms with van der Waals surface area (Å²) in [5.41, 5.74) is 1.09. The first kappa shape index (κ1) is 20.0. The quantitative estimate of drug-likeness (QED) is 0.513. The summed E-state index contributed by atoms with van der Waals surface area (Å²) in [5, 5.41) is 9.13. The number of ether oxygens (including phenoxy) is 1. The normalized spacial score (nSPS) is 10.8. The molecule has 1 amide bonds. The number of nitrogens with zero attached hydrogens (tertiary/aromatic N) is 4. The van der Waals surface area contributed by atoms with Gasteiger partial charge < -0.3 is 14.1 Å². The fourth-order valence-corrected chi connectivity index (χ4v) is 3.77. The average molecular weight is 401 g/mol. The minimum atomic E-state index is 0.0464. The van der Waals surface area contributed by atoms with Gasteiger partial charge in [-0.2, -0.15) is 0 Å². The number of amides is 1. The van der Waals surface area contributed by atoms with Crippen LogP contribution < -0.4 is 4.74 Å². The van der Waals surface area contributed by atoms with Crippen LogP contribution in [0.25, 0.3) is 11.6 Å². The fraction of sp³-hybridized carbons (Fsp3) is 0.350. The van der Waals surface area contributed by atoms with Gasteiger partial charge >= 0.3 is 0 Å². The molecule has 0 saturated carbocycles. The molecule has 0 radical (unpaired) electrons. The molecule has 3 aromatic rings. The number of thioether (sulfide) groups is 1. The molecule has 28 heavy (non-hydrogen) atoms. The van der Waals surface area contributed by atoms with Gasteiger partial charge in [-0.3, -0.25) is 9.36 Å². The zero-order chi connectivity index (χ0) is 19.9. The van der Waals surface area contributed by atoms with Gasteiger partial charge in [0.2, 0.25) is 5.91 Å². The van der Waals surface area contributed by atoms with Crippen LogP contribution in [0.1, 0.15) is 12.5 Å². The Labute approximate surface area is 168 Å². The molecule has 0 unspecified atom stereocenters. The molecular formula is C20H24N4O3S. The van der Waals surface area contributed by atoms with Gasteiger partial charge in [0, 0.05) is 20.1 Å². The van der Waals surface area contributed by atoms with E-state index in [4.69, 9.17) is 9.15 Å². The Morgan fingerprint density at radius 2 is 2.07 bits per heavy atom. The highest BCUT2D eigenvalue weighted by molar-refractivity contribution is 7.99. The molecule has 3 rings (SSSR count). The van der Waals surface area contributed by atoms with Crippen LogP contribution in [-0.4, -0.2) is 52.0 Å². The average Bonchev–Trinajstić information content (AvgIpc) is 3.39. The first-order valence-electron chi connectivity index (χ1n) is 9.09. The molecule has 0 aliphatic carbocycles. The lowest BCUT2D eigenvalue weighted by molar-refractivity contribution is -0.127. The van der Waals surface area contributed by atoms with Gasteiger partial charge in [0.1, 0.15) is 5.75 Å². The van der Waals surface area contributed by atoms with E-state index < -0.39 is 0 Å². The van der Waals surface area contributed by atoms with E-state index in [2.05, 4.69) is 10.2 Å². The number of furan rings is 1. The number of methoxy groups -OCH3 is 1. The molecule has 2 aromatic heterocycles. The third kappa shape index (κ3) is 4.56. The zero-order valence-corrected chi connectivity index (χ0v) is 17.1. The van der Waals surface area contributed by atoms with Crippen LogP contribution in [0.5, 0.6) is 5.75 Å². The first-order valence-corrected chi connectivity index (χ1v) is 10.1. The summed E-state index contributed by atoms with van der Waals surface area (Å²) >= 11 is 1.39. The van der Waals surface area contributed by atoms with Gasteiger partial charge in [0.05, 0.1) is 19.1 Å². The predicted octanol–water partition coefficient (Wildman–Crippen LogP) is 3.36. The minimum absolute atomic E-state index is 0.0464. The van der Waals surface area contributed by atoms with Gasteiger partial charge in [-0.1, -0.05) is 30.0 Å². The van der Waals surface area contributed by atoms with Crippen molar-refractivity contribution in [1.29, 1.82) is 0 Å². The third-order valence-electron chi connectivity index (χ3n) is 4.43. The maximum Gasteiger partial charge on any atom is 0.232 e. The second-order valence-electron chi connectivity index (χ2n) is 6.19. The second-order valence-corrected chi connectivity index (χ2v) is 7.14. The summed E-state index contributed by atoms with van der Waals surface area (Å²) in [7, 11) is 3.47. The standard InChI is InChI=1S/C20H24N4O3S/c1-4-24-19(17-10-7-13-27-17)21-22-20(24)28-14-18(25)23(2)12-11-15-8-5-6-9-16(15)26-3/h5-10,13H,4,11-12,14H2,1-3H3. The topological polar surface area (TPSA) is 73.4 Å². The Bertz CT molecular complexity index is 908. The van der Waals surface area contributed by atoms with E-state index in [1.165, 1.54) is 11.8 Å². The highest BCUT2D eigenvalue weighted by Gasteiger charge is 2.17. The van der Waals surface area contributed by atoms with Crippen LogP contribution in [0.4, 0.5) is 0 Å². The van der Waals surface area contributed by atoms with Gasteiger partial charge in [0.25, 0.3) is 0 Å². The summed E-state index contributed by atoms with van der Waals surface area (Å²) in [6.45, 7) is 3.34. The van der Waals surface area contributed by atoms with Gasteiger partial charge in [-0.15, -0.1) is 10.2 Å². The highest BCUT2D eigenvalue weighted by Crippen LogP contribution is 2.24. The van der Waals surface area contributed by atoms with Crippen LogP contribution >= 0.6 is 11.8 Å². The van der Waals surface area contributed by atoms with Crippen LogP contribution in [0.2, 0.25) is 0 Å². The number of likely N-dealkylation sites (N-methyl/N-ethyl adjacent to an activating group) is 1. The number of carbonyl (C=O) groups excluding carboxylic acids is 1. The number of para-hydroxylation sites is 1. The largest absolute Gasteiger partial charge is 0.496 e. The second kappa shape index (κ2) is 9.45. The summed E-state index contributed by atoms with van der Waals surface area (Å²) in [6, 6.07) is 11.5. The highest BCUT2D eigenvalue weighted by atomic mass is 32.2. The van der Waals surface area contributed by atoms with Crippen LogP contribution in [0, 0.1) is 0 Å². The molecule has 0 bridgehead atoms. The van der Waals surface area contributed by atoms with Crippen molar-refractivity contribution in [3.05, 3.63) is 48.2 Å². The molecule has 0 saturated heterocycles. The Kier molecular flexibility index (Phi) is 6.76. The molecule has 7 nitrogen and oxygen atoms in total. The molecule has 0 spiro atoms. The molecular weight excluding hydrogens is 376 g/mol. The molecule has 0 aliphatic rings. The summed E-state index contributed by atoms with van der Waals surface area (Å²) < 4.78 is 12.7. The number of aromatic nitrogens is 3. The molecule has 0 aliphatic heterocycles. The number of hydrogen-bond donors (Lipinski definition) is 0. The fourth-order valence-electron chi connectivity index (χ4n) is 2.83. The smallest absolute Gasteiger partial charge is 0.232 e. The van der Waals surface area contributed by atoms with E-state index >= 15 is 0 Å². The maximum atomic E-state index is 12.5. The molecule has 148 valence electrons. The molecule has 0 fully saturated rings. The SMILES string of the molecule is CCn1c(SCC(=O)N(C)CCc2ccccc2OC)nnc1-c1ccco1. The molecule has 2 heterocycles. The summed E-state index contributed by atoms with van der Waals surface area (Å²) in [6.07, 6.45) is 2.35. The Balaban J connectivity index is 1.56. The van der Waals surface area contributed by atoms with E-state index in [-0.39, 0.29) is 5.91 Å². The monoisotopic (exact) mass is 400 g/mol. The van der Waals surface area contributed by atoms with Crippen molar-refractivity contribution in [2.45, 2.75) is 25.0 Å². The zero-order valence-electron chi connectivity index (χ0n) is 16.3. The van der Waals surface area contributed by atoms with Crippen molar-refractivity contribution >= 4 is 17.7 Å². The number of rotatable bonds is 9. The Hall–Kier alpha value is -2.74. The van der Waals surface area contributed by atoms with Crippen molar-refractivity contribution in [2.75, 3.05) is 26.5 Å². The van der Waals surface area contributed by atoms with Crippen molar-refractivity contribution in [3.63, 3.8) is 0 Å².